The van der Waals surface area contributed by atoms with Crippen LogP contribution in [-0.2, 0) is 14.8 Å². The number of sulfonamides is 1. The van der Waals surface area contributed by atoms with Gasteiger partial charge >= 0.3 is 6.01 Å². The van der Waals surface area contributed by atoms with Crippen LogP contribution >= 0.6 is 0 Å². The number of carbonyl (C=O) groups excluding carboxylic acids is 1. The van der Waals surface area contributed by atoms with Crippen LogP contribution in [0.3, 0.4) is 0 Å². The summed E-state index contributed by atoms with van der Waals surface area (Å²) < 4.78 is 45.4. The third-order valence-electron chi connectivity index (χ3n) is 4.60. The largest absolute Gasteiger partial charge is 0.403 e. The van der Waals surface area contributed by atoms with Gasteiger partial charge in [0.2, 0.25) is 21.8 Å². The highest BCUT2D eigenvalue weighted by Crippen LogP contribution is 2.27. The zero-order chi connectivity index (χ0) is 20.4. The van der Waals surface area contributed by atoms with Gasteiger partial charge in [-0.2, -0.15) is 4.31 Å². The molecule has 3 aromatic rings. The van der Waals surface area contributed by atoms with Gasteiger partial charge in [-0.1, -0.05) is 23.3 Å². The zero-order valence-corrected chi connectivity index (χ0v) is 16.0. The fourth-order valence-electron chi connectivity index (χ4n) is 3.19. The highest BCUT2D eigenvalue weighted by atomic mass is 32.2. The monoisotopic (exact) mass is 416 g/mol. The van der Waals surface area contributed by atoms with E-state index in [0.717, 1.165) is 16.4 Å². The topological polar surface area (TPSA) is 105 Å². The molecule has 2 aromatic carbocycles. The molecule has 1 N–H and O–H groups in total. The Balaban J connectivity index is 1.51. The second-order valence-corrected chi connectivity index (χ2v) is 8.39. The number of halogens is 1. The van der Waals surface area contributed by atoms with E-state index in [0.29, 0.717) is 18.4 Å². The Morgan fingerprint density at radius 2 is 1.83 bits per heavy atom. The first-order valence-corrected chi connectivity index (χ1v) is 10.4. The lowest BCUT2D eigenvalue weighted by molar-refractivity contribution is -0.119. The van der Waals surface area contributed by atoms with Crippen molar-refractivity contribution in [3.63, 3.8) is 0 Å². The first kappa shape index (κ1) is 19.2. The Morgan fingerprint density at radius 1 is 1.10 bits per heavy atom. The number of nitrogens with zero attached hydrogens (tertiary/aromatic N) is 3. The van der Waals surface area contributed by atoms with Crippen LogP contribution in [0.4, 0.5) is 10.4 Å². The molecule has 0 bridgehead atoms. The first-order chi connectivity index (χ1) is 13.9. The quantitative estimate of drug-likeness (QED) is 0.686. The molecule has 150 valence electrons. The Labute approximate surface area is 166 Å². The number of carbonyl (C=O) groups is 1. The lowest BCUT2D eigenvalue weighted by Crippen LogP contribution is -2.43. The number of hydrogen-bond donors (Lipinski definition) is 1. The second-order valence-electron chi connectivity index (χ2n) is 6.50. The van der Waals surface area contributed by atoms with E-state index in [1.54, 1.807) is 12.1 Å². The molecule has 0 saturated carbocycles. The number of rotatable bonds is 5. The van der Waals surface area contributed by atoms with Crippen molar-refractivity contribution in [2.45, 2.75) is 23.8 Å². The van der Waals surface area contributed by atoms with Gasteiger partial charge in [-0.3, -0.25) is 10.1 Å². The van der Waals surface area contributed by atoms with Crippen LogP contribution in [0.15, 0.2) is 63.9 Å². The summed E-state index contributed by atoms with van der Waals surface area (Å²) in [6, 6.07) is 12.5. The number of aromatic nitrogens is 2. The van der Waals surface area contributed by atoms with Gasteiger partial charge in [0, 0.05) is 12.1 Å². The lowest BCUT2D eigenvalue weighted by atomic mass is 10.2. The highest BCUT2D eigenvalue weighted by molar-refractivity contribution is 7.89. The fraction of sp³-hybridized carbons (Fsp3) is 0.211. The van der Waals surface area contributed by atoms with Crippen LogP contribution in [0.5, 0.6) is 0 Å². The van der Waals surface area contributed by atoms with Gasteiger partial charge in [-0.25, -0.2) is 12.8 Å². The summed E-state index contributed by atoms with van der Waals surface area (Å²) in [5.74, 6) is -0.857. The molecule has 1 aliphatic heterocycles. The van der Waals surface area contributed by atoms with Gasteiger partial charge in [-0.15, -0.1) is 5.10 Å². The summed E-state index contributed by atoms with van der Waals surface area (Å²) >= 11 is 0. The van der Waals surface area contributed by atoms with Crippen molar-refractivity contribution in [2.75, 3.05) is 11.9 Å². The molecule has 4 rings (SSSR count). The standard InChI is InChI=1S/C19H17FN4O4S/c20-14-8-10-15(11-9-14)29(26,27)24-12-4-7-16(24)17(25)21-19-23-22-18(28-19)13-5-2-1-3-6-13/h1-3,5-6,8-11,16H,4,7,12H2,(H,21,23,25). The van der Waals surface area contributed by atoms with Crippen molar-refractivity contribution in [3.05, 3.63) is 60.4 Å². The van der Waals surface area contributed by atoms with Gasteiger partial charge < -0.3 is 4.42 Å². The summed E-state index contributed by atoms with van der Waals surface area (Å²) in [6.07, 6.45) is 0.879. The van der Waals surface area contributed by atoms with Crippen molar-refractivity contribution >= 4 is 21.9 Å². The van der Waals surface area contributed by atoms with Gasteiger partial charge in [0.05, 0.1) is 4.90 Å². The Hall–Kier alpha value is -3.11. The van der Waals surface area contributed by atoms with E-state index in [2.05, 4.69) is 15.5 Å². The Bertz CT molecular complexity index is 1120. The SMILES string of the molecule is O=C(Nc1nnc(-c2ccccc2)o1)C1CCCN1S(=O)(=O)c1ccc(F)cc1. The van der Waals surface area contributed by atoms with E-state index < -0.39 is 27.8 Å². The second kappa shape index (κ2) is 7.72. The molecule has 1 fully saturated rings. The van der Waals surface area contributed by atoms with E-state index in [1.807, 2.05) is 18.2 Å². The lowest BCUT2D eigenvalue weighted by Gasteiger charge is -2.22. The molecule has 2 heterocycles. The number of benzene rings is 2. The normalized spacial score (nSPS) is 17.3. The molecule has 1 aliphatic rings. The highest BCUT2D eigenvalue weighted by Gasteiger charge is 2.39. The Kier molecular flexibility index (Phi) is 5.12. The fourth-order valence-corrected chi connectivity index (χ4v) is 4.85. The molecular formula is C19H17FN4O4S. The predicted molar refractivity (Wildman–Crippen MR) is 102 cm³/mol. The maximum Gasteiger partial charge on any atom is 0.322 e. The molecular weight excluding hydrogens is 399 g/mol. The number of anilines is 1. The third-order valence-corrected chi connectivity index (χ3v) is 6.52. The molecule has 0 spiro atoms. The molecule has 1 aromatic heterocycles. The molecule has 29 heavy (non-hydrogen) atoms. The maximum absolute atomic E-state index is 13.1. The van der Waals surface area contributed by atoms with Crippen LogP contribution in [0.1, 0.15) is 12.8 Å². The van der Waals surface area contributed by atoms with Crippen molar-refractivity contribution in [3.8, 4) is 11.5 Å². The predicted octanol–water partition coefficient (Wildman–Crippen LogP) is 2.67. The number of nitrogens with one attached hydrogen (secondary N) is 1. The van der Waals surface area contributed by atoms with E-state index in [4.69, 9.17) is 4.42 Å². The molecule has 10 heteroatoms. The summed E-state index contributed by atoms with van der Waals surface area (Å²) in [6.45, 7) is 0.191. The summed E-state index contributed by atoms with van der Waals surface area (Å²) in [5, 5.41) is 10.2. The molecule has 0 radical (unpaired) electrons. The van der Waals surface area contributed by atoms with Gasteiger partial charge in [0.25, 0.3) is 0 Å². The minimum absolute atomic E-state index is 0.0669. The summed E-state index contributed by atoms with van der Waals surface area (Å²) in [7, 11) is -3.94. The van der Waals surface area contributed by atoms with Crippen LogP contribution in [-0.4, -0.2) is 41.4 Å². The smallest absolute Gasteiger partial charge is 0.322 e. The molecule has 1 unspecified atom stereocenters. The average Bonchev–Trinajstić information content (AvgIpc) is 3.39. The van der Waals surface area contributed by atoms with Gasteiger partial charge in [0.1, 0.15) is 11.9 Å². The van der Waals surface area contributed by atoms with Crippen molar-refractivity contribution < 1.29 is 22.0 Å². The minimum atomic E-state index is -3.94. The van der Waals surface area contributed by atoms with Crippen LogP contribution in [0.2, 0.25) is 0 Å². The van der Waals surface area contributed by atoms with E-state index in [1.165, 1.54) is 12.1 Å². The number of hydrogen-bond acceptors (Lipinski definition) is 6. The molecule has 8 nitrogen and oxygen atoms in total. The Morgan fingerprint density at radius 3 is 2.55 bits per heavy atom. The van der Waals surface area contributed by atoms with Crippen LogP contribution in [0.25, 0.3) is 11.5 Å². The summed E-state index contributed by atoms with van der Waals surface area (Å²) in [4.78, 5) is 12.6. The third kappa shape index (κ3) is 3.89. The minimum Gasteiger partial charge on any atom is -0.403 e. The van der Waals surface area contributed by atoms with E-state index >= 15 is 0 Å². The van der Waals surface area contributed by atoms with Crippen molar-refractivity contribution in [1.82, 2.24) is 14.5 Å². The molecule has 1 saturated heterocycles. The first-order valence-electron chi connectivity index (χ1n) is 8.92. The molecule has 0 aliphatic carbocycles. The van der Waals surface area contributed by atoms with Gasteiger partial charge in [0.15, 0.2) is 0 Å². The van der Waals surface area contributed by atoms with Crippen molar-refractivity contribution in [2.24, 2.45) is 0 Å². The average molecular weight is 416 g/mol. The molecule has 1 atom stereocenters. The van der Waals surface area contributed by atoms with Crippen molar-refractivity contribution in [1.29, 1.82) is 0 Å². The number of amides is 1. The van der Waals surface area contributed by atoms with E-state index in [-0.39, 0.29) is 23.3 Å². The summed E-state index contributed by atoms with van der Waals surface area (Å²) in [5.41, 5.74) is 0.696. The van der Waals surface area contributed by atoms with Crippen LogP contribution < -0.4 is 5.32 Å². The van der Waals surface area contributed by atoms with E-state index in [9.17, 15) is 17.6 Å². The van der Waals surface area contributed by atoms with Gasteiger partial charge in [-0.05, 0) is 49.2 Å². The zero-order valence-electron chi connectivity index (χ0n) is 15.2. The van der Waals surface area contributed by atoms with Crippen LogP contribution in [0, 0.1) is 5.82 Å². The maximum atomic E-state index is 13.1. The molecule has 1 amide bonds.